The molecule has 2 aromatic rings. The van der Waals surface area contributed by atoms with Crippen LogP contribution in [-0.2, 0) is 0 Å². The van der Waals surface area contributed by atoms with Gasteiger partial charge in [0.25, 0.3) is 0 Å². The first-order valence-electron chi connectivity index (χ1n) is 8.12. The largest absolute Gasteiger partial charge is 0.339 e. The number of benzene rings is 1. The zero-order valence-electron chi connectivity index (χ0n) is 14.0. The topological polar surface area (TPSA) is 57.2 Å². The van der Waals surface area contributed by atoms with Crippen molar-refractivity contribution in [3.8, 4) is 0 Å². The minimum atomic E-state index is 0.450. The van der Waals surface area contributed by atoms with Gasteiger partial charge in [-0.15, -0.1) is 5.10 Å². The molecule has 1 aliphatic heterocycles. The first kappa shape index (κ1) is 15.7. The van der Waals surface area contributed by atoms with E-state index in [4.69, 9.17) is 0 Å². The molecule has 0 radical (unpaired) electrons. The second kappa shape index (κ2) is 6.91. The van der Waals surface area contributed by atoms with E-state index in [0.717, 1.165) is 37.7 Å². The maximum atomic E-state index is 4.64. The molecule has 1 N–H and O–H groups in total. The van der Waals surface area contributed by atoms with Gasteiger partial charge in [0.15, 0.2) is 5.82 Å². The van der Waals surface area contributed by atoms with E-state index in [0.29, 0.717) is 11.9 Å². The van der Waals surface area contributed by atoms with E-state index in [-0.39, 0.29) is 0 Å². The van der Waals surface area contributed by atoms with Gasteiger partial charge in [-0.1, -0.05) is 32.0 Å². The molecule has 0 amide bonds. The SMILES string of the molecule is CC(C)c1ccccc1Nc1cnnc(N2CCN(C)CC2)n1. The summed E-state index contributed by atoms with van der Waals surface area (Å²) in [5.41, 5.74) is 2.35. The van der Waals surface area contributed by atoms with Crippen LogP contribution >= 0.6 is 0 Å². The molecular weight excluding hydrogens is 288 g/mol. The number of anilines is 3. The number of nitrogens with zero attached hydrogens (tertiary/aromatic N) is 5. The Bertz CT molecular complexity index is 649. The van der Waals surface area contributed by atoms with Crippen molar-refractivity contribution in [3.05, 3.63) is 36.0 Å². The van der Waals surface area contributed by atoms with E-state index in [1.807, 2.05) is 6.07 Å². The Labute approximate surface area is 137 Å². The lowest BCUT2D eigenvalue weighted by atomic mass is 10.0. The minimum absolute atomic E-state index is 0.450. The molecule has 23 heavy (non-hydrogen) atoms. The van der Waals surface area contributed by atoms with Crippen LogP contribution in [0.1, 0.15) is 25.3 Å². The lowest BCUT2D eigenvalue weighted by Gasteiger charge is -2.32. The quantitative estimate of drug-likeness (QED) is 0.936. The predicted octanol–water partition coefficient (Wildman–Crippen LogP) is 2.49. The summed E-state index contributed by atoms with van der Waals surface area (Å²) in [5.74, 6) is 1.89. The highest BCUT2D eigenvalue weighted by molar-refractivity contribution is 5.61. The van der Waals surface area contributed by atoms with Gasteiger partial charge in [-0.25, -0.2) is 0 Å². The van der Waals surface area contributed by atoms with E-state index in [2.05, 4.69) is 69.4 Å². The van der Waals surface area contributed by atoms with E-state index >= 15 is 0 Å². The Balaban J connectivity index is 1.78. The summed E-state index contributed by atoms with van der Waals surface area (Å²) in [4.78, 5) is 9.14. The Morgan fingerprint density at radius 2 is 1.83 bits per heavy atom. The van der Waals surface area contributed by atoms with Crippen molar-refractivity contribution < 1.29 is 0 Å². The van der Waals surface area contributed by atoms with Crippen molar-refractivity contribution in [2.45, 2.75) is 19.8 Å². The normalized spacial score (nSPS) is 15.9. The highest BCUT2D eigenvalue weighted by Gasteiger charge is 2.17. The maximum absolute atomic E-state index is 4.64. The minimum Gasteiger partial charge on any atom is -0.339 e. The molecule has 0 unspecified atom stereocenters. The Hall–Kier alpha value is -2.21. The van der Waals surface area contributed by atoms with Crippen LogP contribution in [0.25, 0.3) is 0 Å². The van der Waals surface area contributed by atoms with Gasteiger partial charge in [0, 0.05) is 31.9 Å². The zero-order chi connectivity index (χ0) is 16.2. The third-order valence-electron chi connectivity index (χ3n) is 4.18. The summed E-state index contributed by atoms with van der Waals surface area (Å²) in [7, 11) is 2.14. The number of para-hydroxylation sites is 1. The number of piperazine rings is 1. The third kappa shape index (κ3) is 3.76. The monoisotopic (exact) mass is 312 g/mol. The van der Waals surface area contributed by atoms with Crippen molar-refractivity contribution in [3.63, 3.8) is 0 Å². The average Bonchev–Trinajstić information content (AvgIpc) is 2.56. The van der Waals surface area contributed by atoms with Crippen LogP contribution in [0.15, 0.2) is 30.5 Å². The summed E-state index contributed by atoms with van der Waals surface area (Å²) in [6, 6.07) is 8.31. The molecule has 122 valence electrons. The molecule has 3 rings (SSSR count). The van der Waals surface area contributed by atoms with Gasteiger partial charge >= 0.3 is 0 Å². The zero-order valence-corrected chi connectivity index (χ0v) is 14.0. The summed E-state index contributed by atoms with van der Waals surface area (Å²) in [6.45, 7) is 8.30. The summed E-state index contributed by atoms with van der Waals surface area (Å²) in [5, 5.41) is 11.7. The van der Waals surface area contributed by atoms with Crippen LogP contribution in [-0.4, -0.2) is 53.3 Å². The van der Waals surface area contributed by atoms with Crippen molar-refractivity contribution in [1.29, 1.82) is 0 Å². The molecule has 0 saturated carbocycles. The van der Waals surface area contributed by atoms with Crippen molar-refractivity contribution in [2.75, 3.05) is 43.4 Å². The summed E-state index contributed by atoms with van der Waals surface area (Å²) in [6.07, 6.45) is 1.68. The van der Waals surface area contributed by atoms with Gasteiger partial charge in [0.2, 0.25) is 5.95 Å². The second-order valence-corrected chi connectivity index (χ2v) is 6.30. The Morgan fingerprint density at radius 3 is 2.57 bits per heavy atom. The van der Waals surface area contributed by atoms with Crippen LogP contribution in [0.3, 0.4) is 0 Å². The average molecular weight is 312 g/mol. The van der Waals surface area contributed by atoms with Crippen LogP contribution < -0.4 is 10.2 Å². The lowest BCUT2D eigenvalue weighted by Crippen LogP contribution is -2.45. The first-order chi connectivity index (χ1) is 11.1. The van der Waals surface area contributed by atoms with Gasteiger partial charge in [-0.05, 0) is 24.6 Å². The van der Waals surface area contributed by atoms with Crippen molar-refractivity contribution in [1.82, 2.24) is 20.1 Å². The van der Waals surface area contributed by atoms with Crippen molar-refractivity contribution in [2.24, 2.45) is 0 Å². The number of hydrogen-bond acceptors (Lipinski definition) is 6. The maximum Gasteiger partial charge on any atom is 0.247 e. The molecule has 1 aliphatic rings. The van der Waals surface area contributed by atoms with Crippen LogP contribution in [0, 0.1) is 0 Å². The van der Waals surface area contributed by atoms with Gasteiger partial charge in [-0.2, -0.15) is 10.1 Å². The Kier molecular flexibility index (Phi) is 4.71. The number of likely N-dealkylation sites (N-methyl/N-ethyl adjacent to an activating group) is 1. The van der Waals surface area contributed by atoms with Crippen LogP contribution in [0.2, 0.25) is 0 Å². The van der Waals surface area contributed by atoms with E-state index < -0.39 is 0 Å². The van der Waals surface area contributed by atoms with Gasteiger partial charge < -0.3 is 15.1 Å². The van der Waals surface area contributed by atoms with E-state index in [9.17, 15) is 0 Å². The molecule has 1 fully saturated rings. The van der Waals surface area contributed by atoms with E-state index in [1.165, 1.54) is 5.56 Å². The molecule has 1 aromatic heterocycles. The fraction of sp³-hybridized carbons (Fsp3) is 0.471. The number of aromatic nitrogens is 3. The first-order valence-corrected chi connectivity index (χ1v) is 8.12. The molecule has 0 aliphatic carbocycles. The molecule has 6 heteroatoms. The molecule has 1 saturated heterocycles. The summed E-state index contributed by atoms with van der Waals surface area (Å²) < 4.78 is 0. The fourth-order valence-corrected chi connectivity index (χ4v) is 2.75. The smallest absolute Gasteiger partial charge is 0.247 e. The second-order valence-electron chi connectivity index (χ2n) is 6.30. The molecule has 6 nitrogen and oxygen atoms in total. The van der Waals surface area contributed by atoms with Crippen molar-refractivity contribution >= 4 is 17.5 Å². The molecule has 1 aromatic carbocycles. The van der Waals surface area contributed by atoms with E-state index in [1.54, 1.807) is 6.20 Å². The van der Waals surface area contributed by atoms with Gasteiger partial charge in [-0.3, -0.25) is 0 Å². The van der Waals surface area contributed by atoms with Gasteiger partial charge in [0.1, 0.15) is 0 Å². The third-order valence-corrected chi connectivity index (χ3v) is 4.18. The molecule has 0 spiro atoms. The molecule has 2 heterocycles. The fourth-order valence-electron chi connectivity index (χ4n) is 2.75. The van der Waals surface area contributed by atoms with Gasteiger partial charge in [0.05, 0.1) is 6.20 Å². The van der Waals surface area contributed by atoms with Crippen LogP contribution in [0.4, 0.5) is 17.5 Å². The number of hydrogen-bond donors (Lipinski definition) is 1. The highest BCUT2D eigenvalue weighted by atomic mass is 15.4. The Morgan fingerprint density at radius 1 is 1.09 bits per heavy atom. The molecular formula is C17H24N6. The standard InChI is InChI=1S/C17H24N6/c1-13(2)14-6-4-5-7-15(14)19-16-12-18-21-17(20-16)23-10-8-22(3)9-11-23/h4-7,12-13H,8-11H2,1-3H3,(H,19,20,21). The molecule has 0 atom stereocenters. The lowest BCUT2D eigenvalue weighted by molar-refractivity contribution is 0.311. The summed E-state index contributed by atoms with van der Waals surface area (Å²) >= 11 is 0. The predicted molar refractivity (Wildman–Crippen MR) is 93.4 cm³/mol. The number of rotatable bonds is 4. The number of nitrogens with one attached hydrogen (secondary N) is 1. The highest BCUT2D eigenvalue weighted by Crippen LogP contribution is 2.26. The molecule has 0 bridgehead atoms. The van der Waals surface area contributed by atoms with Crippen LogP contribution in [0.5, 0.6) is 0 Å².